The largest absolute Gasteiger partial charge is 0.395 e. The number of nitrogens with zero attached hydrogens (tertiary/aromatic N) is 1. The van der Waals surface area contributed by atoms with Crippen molar-refractivity contribution in [2.75, 3.05) is 13.2 Å². The molecule has 1 aromatic heterocycles. The van der Waals surface area contributed by atoms with Crippen molar-refractivity contribution in [1.29, 1.82) is 0 Å². The Morgan fingerprint density at radius 1 is 1.65 bits per heavy atom. The summed E-state index contributed by atoms with van der Waals surface area (Å²) >= 11 is 1.63. The number of thiophene rings is 1. The average molecular weight is 251 g/mol. The van der Waals surface area contributed by atoms with Crippen molar-refractivity contribution in [3.63, 3.8) is 0 Å². The van der Waals surface area contributed by atoms with Crippen LogP contribution in [0.5, 0.6) is 0 Å². The Morgan fingerprint density at radius 3 is 2.88 bits per heavy atom. The number of rotatable bonds is 6. The second-order valence-corrected chi connectivity index (χ2v) is 5.32. The van der Waals surface area contributed by atoms with Crippen molar-refractivity contribution >= 4 is 17.2 Å². The third-order valence-electron chi connectivity index (χ3n) is 3.20. The van der Waals surface area contributed by atoms with Gasteiger partial charge in [-0.1, -0.05) is 6.08 Å². The lowest BCUT2D eigenvalue weighted by Gasteiger charge is -2.25. The van der Waals surface area contributed by atoms with E-state index in [0.29, 0.717) is 13.1 Å². The Balaban J connectivity index is 2.06. The quantitative estimate of drug-likeness (QED) is 0.786. The van der Waals surface area contributed by atoms with Crippen LogP contribution >= 0.6 is 11.3 Å². The highest BCUT2D eigenvalue weighted by Gasteiger charge is 2.51. The van der Waals surface area contributed by atoms with E-state index in [1.54, 1.807) is 22.3 Å². The van der Waals surface area contributed by atoms with E-state index < -0.39 is 5.41 Å². The van der Waals surface area contributed by atoms with Crippen LogP contribution in [0.25, 0.3) is 0 Å². The number of hydrogen-bond donors (Lipinski definition) is 1. The third-order valence-corrected chi connectivity index (χ3v) is 3.93. The molecule has 1 amide bonds. The van der Waals surface area contributed by atoms with Gasteiger partial charge in [0.2, 0.25) is 5.91 Å². The van der Waals surface area contributed by atoms with Gasteiger partial charge in [0.25, 0.3) is 0 Å². The van der Waals surface area contributed by atoms with Gasteiger partial charge in [-0.15, -0.1) is 6.58 Å². The van der Waals surface area contributed by atoms with Gasteiger partial charge in [0.1, 0.15) is 0 Å². The molecule has 0 spiro atoms. The first-order valence-electron chi connectivity index (χ1n) is 5.74. The number of amides is 1. The Hall–Kier alpha value is -1.13. The van der Waals surface area contributed by atoms with Crippen LogP contribution in [0.15, 0.2) is 29.5 Å². The molecule has 1 aromatic rings. The molecular formula is C13H17NO2S. The summed E-state index contributed by atoms with van der Waals surface area (Å²) in [5.74, 6) is 0.0612. The summed E-state index contributed by atoms with van der Waals surface area (Å²) in [5, 5.41) is 13.3. The fourth-order valence-electron chi connectivity index (χ4n) is 1.90. The second kappa shape index (κ2) is 5.02. The summed E-state index contributed by atoms with van der Waals surface area (Å²) in [4.78, 5) is 14.1. The Labute approximate surface area is 105 Å². The van der Waals surface area contributed by atoms with Crippen LogP contribution in [0.4, 0.5) is 0 Å². The zero-order valence-corrected chi connectivity index (χ0v) is 10.6. The van der Waals surface area contributed by atoms with E-state index in [-0.39, 0.29) is 12.5 Å². The molecule has 1 fully saturated rings. The van der Waals surface area contributed by atoms with Crippen molar-refractivity contribution < 1.29 is 9.90 Å². The molecule has 0 atom stereocenters. The normalized spacial score (nSPS) is 16.5. The van der Waals surface area contributed by atoms with Gasteiger partial charge in [-0.25, -0.2) is 0 Å². The zero-order chi connectivity index (χ0) is 12.3. The second-order valence-electron chi connectivity index (χ2n) is 4.54. The van der Waals surface area contributed by atoms with Crippen molar-refractivity contribution in [3.8, 4) is 0 Å². The molecule has 2 rings (SSSR count). The van der Waals surface area contributed by atoms with E-state index in [4.69, 9.17) is 0 Å². The van der Waals surface area contributed by atoms with E-state index in [1.807, 2.05) is 16.8 Å². The smallest absolute Gasteiger partial charge is 0.231 e. The first-order valence-corrected chi connectivity index (χ1v) is 6.68. The van der Waals surface area contributed by atoms with Crippen molar-refractivity contribution in [3.05, 3.63) is 35.0 Å². The van der Waals surface area contributed by atoms with Crippen molar-refractivity contribution in [1.82, 2.24) is 4.90 Å². The van der Waals surface area contributed by atoms with E-state index in [9.17, 15) is 9.90 Å². The molecule has 0 aliphatic heterocycles. The zero-order valence-electron chi connectivity index (χ0n) is 9.76. The summed E-state index contributed by atoms with van der Waals surface area (Å²) in [5.41, 5.74) is 0.651. The lowest BCUT2D eigenvalue weighted by Crippen LogP contribution is -2.38. The number of carbonyl (C=O) groups excluding carboxylic acids is 1. The number of aliphatic hydroxyl groups excluding tert-OH is 1. The molecule has 92 valence electrons. The van der Waals surface area contributed by atoms with Crippen LogP contribution < -0.4 is 0 Å². The predicted molar refractivity (Wildman–Crippen MR) is 68.7 cm³/mol. The Morgan fingerprint density at radius 2 is 2.41 bits per heavy atom. The van der Waals surface area contributed by atoms with Crippen LogP contribution in [-0.4, -0.2) is 29.1 Å². The molecule has 1 aliphatic carbocycles. The highest BCUT2D eigenvalue weighted by molar-refractivity contribution is 7.07. The maximum absolute atomic E-state index is 12.3. The summed E-state index contributed by atoms with van der Waals surface area (Å²) in [6.45, 7) is 4.79. The van der Waals surface area contributed by atoms with E-state index in [2.05, 4.69) is 6.58 Å². The minimum atomic E-state index is -0.487. The van der Waals surface area contributed by atoms with Crippen LogP contribution in [-0.2, 0) is 11.3 Å². The summed E-state index contributed by atoms with van der Waals surface area (Å²) in [6, 6.07) is 2.02. The molecule has 0 aromatic carbocycles. The lowest BCUT2D eigenvalue weighted by molar-refractivity contribution is -0.138. The molecule has 1 heterocycles. The van der Waals surface area contributed by atoms with Gasteiger partial charge in [0.05, 0.1) is 12.0 Å². The number of aliphatic hydroxyl groups is 1. The molecule has 3 nitrogen and oxygen atoms in total. The molecule has 0 saturated heterocycles. The summed E-state index contributed by atoms with van der Waals surface area (Å²) in [7, 11) is 0. The molecule has 1 N–H and O–H groups in total. The first-order chi connectivity index (χ1) is 8.22. The summed E-state index contributed by atoms with van der Waals surface area (Å²) in [6.07, 6.45) is 3.34. The first kappa shape index (κ1) is 12.3. The van der Waals surface area contributed by atoms with Crippen LogP contribution in [0.1, 0.15) is 18.4 Å². The van der Waals surface area contributed by atoms with Gasteiger partial charge in [-0.05, 0) is 35.2 Å². The van der Waals surface area contributed by atoms with Crippen LogP contribution in [0, 0.1) is 5.41 Å². The monoisotopic (exact) mass is 251 g/mol. The number of carbonyl (C=O) groups is 1. The van der Waals surface area contributed by atoms with Gasteiger partial charge in [-0.3, -0.25) is 4.79 Å². The van der Waals surface area contributed by atoms with E-state index in [0.717, 1.165) is 18.4 Å². The van der Waals surface area contributed by atoms with Gasteiger partial charge < -0.3 is 10.0 Å². The third kappa shape index (κ3) is 2.58. The van der Waals surface area contributed by atoms with Gasteiger partial charge in [0.15, 0.2) is 0 Å². The molecular weight excluding hydrogens is 234 g/mol. The average Bonchev–Trinajstić information content (AvgIpc) is 2.98. The maximum Gasteiger partial charge on any atom is 0.231 e. The highest BCUT2D eigenvalue weighted by Crippen LogP contribution is 2.46. The summed E-state index contributed by atoms with van der Waals surface area (Å²) < 4.78 is 0. The van der Waals surface area contributed by atoms with Crippen LogP contribution in [0.2, 0.25) is 0 Å². The Bertz CT molecular complexity index is 396. The van der Waals surface area contributed by atoms with Gasteiger partial charge in [0, 0.05) is 13.1 Å². The minimum absolute atomic E-state index is 0.0386. The standard InChI is InChI=1S/C13H17NO2S/c1-2-6-14(8-11-3-7-17-9-11)12(16)13(10-15)4-5-13/h2-3,7,9,15H,1,4-6,8,10H2. The molecule has 17 heavy (non-hydrogen) atoms. The van der Waals surface area contributed by atoms with E-state index >= 15 is 0 Å². The van der Waals surface area contributed by atoms with Gasteiger partial charge in [-0.2, -0.15) is 11.3 Å². The molecule has 0 radical (unpaired) electrons. The molecule has 0 unspecified atom stereocenters. The topological polar surface area (TPSA) is 40.5 Å². The Kier molecular flexibility index (Phi) is 3.64. The molecule has 1 saturated carbocycles. The fourth-order valence-corrected chi connectivity index (χ4v) is 2.56. The molecule has 4 heteroatoms. The predicted octanol–water partition coefficient (Wildman–Crippen LogP) is 2.04. The molecule has 1 aliphatic rings. The SMILES string of the molecule is C=CCN(Cc1ccsc1)C(=O)C1(CO)CC1. The maximum atomic E-state index is 12.3. The fraction of sp³-hybridized carbons (Fsp3) is 0.462. The van der Waals surface area contributed by atoms with Gasteiger partial charge >= 0.3 is 0 Å². The van der Waals surface area contributed by atoms with Crippen LogP contribution in [0.3, 0.4) is 0 Å². The minimum Gasteiger partial charge on any atom is -0.395 e. The van der Waals surface area contributed by atoms with E-state index in [1.165, 1.54) is 0 Å². The van der Waals surface area contributed by atoms with Crippen molar-refractivity contribution in [2.45, 2.75) is 19.4 Å². The molecule has 0 bridgehead atoms. The lowest BCUT2D eigenvalue weighted by atomic mass is 10.1. The number of hydrogen-bond acceptors (Lipinski definition) is 3. The highest BCUT2D eigenvalue weighted by atomic mass is 32.1. The van der Waals surface area contributed by atoms with Crippen molar-refractivity contribution in [2.24, 2.45) is 5.41 Å².